The standard InChI is InChI=1S/C26H37N3O6SSi/c1-8-16-32-24(30)29-18-20(35-37(6,7)26(2,3)4)17-22(29)23(21-14-15-27-28(21)5)33-25(31)36-34-19-12-10-9-11-13-19/h8-15,20,22-23H,1,16-18H2,2-7H3. The van der Waals surface area contributed by atoms with E-state index in [1.165, 1.54) is 6.08 Å². The summed E-state index contributed by atoms with van der Waals surface area (Å²) in [5.41, 5.74) is 0.646. The summed E-state index contributed by atoms with van der Waals surface area (Å²) in [5.74, 6) is 0.528. The molecule has 1 aliphatic rings. The molecule has 1 amide bonds. The van der Waals surface area contributed by atoms with Crippen molar-refractivity contribution in [1.82, 2.24) is 14.7 Å². The van der Waals surface area contributed by atoms with E-state index in [-0.39, 0.29) is 17.7 Å². The second-order valence-corrected chi connectivity index (χ2v) is 15.9. The van der Waals surface area contributed by atoms with Crippen molar-refractivity contribution >= 4 is 31.8 Å². The largest absolute Gasteiger partial charge is 0.445 e. The van der Waals surface area contributed by atoms with E-state index in [2.05, 4.69) is 45.5 Å². The summed E-state index contributed by atoms with van der Waals surface area (Å²) in [6.45, 7) is 14.9. The highest BCUT2D eigenvalue weighted by atomic mass is 32.2. The van der Waals surface area contributed by atoms with Crippen molar-refractivity contribution in [3.63, 3.8) is 0 Å². The maximum atomic E-state index is 13.1. The van der Waals surface area contributed by atoms with Gasteiger partial charge in [-0.15, -0.1) is 0 Å². The van der Waals surface area contributed by atoms with Crippen LogP contribution in [0.5, 0.6) is 5.75 Å². The number of carbonyl (C=O) groups is 2. The Morgan fingerprint density at radius 1 is 1.24 bits per heavy atom. The average molecular weight is 548 g/mol. The summed E-state index contributed by atoms with van der Waals surface area (Å²) in [4.78, 5) is 27.6. The van der Waals surface area contributed by atoms with Crippen molar-refractivity contribution in [3.8, 4) is 5.75 Å². The van der Waals surface area contributed by atoms with Gasteiger partial charge < -0.3 is 18.1 Å². The van der Waals surface area contributed by atoms with Crippen molar-refractivity contribution in [1.29, 1.82) is 0 Å². The van der Waals surface area contributed by atoms with Crippen LogP contribution in [0, 0.1) is 0 Å². The van der Waals surface area contributed by atoms with Crippen LogP contribution in [0.15, 0.2) is 55.3 Å². The van der Waals surface area contributed by atoms with Crippen LogP contribution in [0.4, 0.5) is 9.59 Å². The number of likely N-dealkylation sites (tertiary alicyclic amines) is 1. The van der Waals surface area contributed by atoms with Crippen LogP contribution in [-0.2, 0) is 20.9 Å². The molecule has 0 N–H and O–H groups in total. The Balaban J connectivity index is 1.86. The first-order valence-electron chi connectivity index (χ1n) is 12.2. The Bertz CT molecular complexity index is 1070. The van der Waals surface area contributed by atoms with Gasteiger partial charge in [0.1, 0.15) is 12.4 Å². The van der Waals surface area contributed by atoms with Gasteiger partial charge in [0.2, 0.25) is 0 Å². The van der Waals surface area contributed by atoms with E-state index in [0.717, 1.165) is 0 Å². The number of hydrogen-bond donors (Lipinski definition) is 0. The second kappa shape index (κ2) is 12.2. The fourth-order valence-electron chi connectivity index (χ4n) is 3.90. The van der Waals surface area contributed by atoms with Gasteiger partial charge >= 0.3 is 11.4 Å². The lowest BCUT2D eigenvalue weighted by Gasteiger charge is -2.38. The number of para-hydroxylation sites is 1. The molecular formula is C26H37N3O6SSi. The quantitative estimate of drug-likeness (QED) is 0.161. The van der Waals surface area contributed by atoms with Gasteiger partial charge in [0.05, 0.1) is 17.8 Å². The number of hydrogen-bond acceptors (Lipinski definition) is 8. The van der Waals surface area contributed by atoms with E-state index >= 15 is 0 Å². The third-order valence-corrected chi connectivity index (χ3v) is 11.8. The first-order chi connectivity index (χ1) is 17.4. The molecule has 1 aromatic heterocycles. The molecule has 202 valence electrons. The zero-order valence-corrected chi connectivity index (χ0v) is 24.2. The van der Waals surface area contributed by atoms with Gasteiger partial charge in [-0.2, -0.15) is 5.10 Å². The molecule has 11 heteroatoms. The minimum Gasteiger partial charge on any atom is -0.445 e. The monoisotopic (exact) mass is 547 g/mol. The molecular weight excluding hydrogens is 510 g/mol. The molecule has 3 atom stereocenters. The first kappa shape index (κ1) is 28.8. The van der Waals surface area contributed by atoms with Gasteiger partial charge in [-0.3, -0.25) is 9.58 Å². The molecule has 2 aromatic rings. The first-order valence-corrected chi connectivity index (χ1v) is 15.9. The Morgan fingerprint density at radius 2 is 1.95 bits per heavy atom. The summed E-state index contributed by atoms with van der Waals surface area (Å²) >= 11 is 0.594. The van der Waals surface area contributed by atoms with Gasteiger partial charge in [-0.25, -0.2) is 9.59 Å². The number of benzene rings is 1. The molecule has 1 aromatic carbocycles. The Labute approximate surface area is 224 Å². The molecule has 0 radical (unpaired) electrons. The summed E-state index contributed by atoms with van der Waals surface area (Å²) in [6, 6.07) is 10.2. The number of amides is 1. The van der Waals surface area contributed by atoms with E-state index in [1.54, 1.807) is 41.0 Å². The van der Waals surface area contributed by atoms with Crippen LogP contribution in [0.1, 0.15) is 39.0 Å². The average Bonchev–Trinajstić information content (AvgIpc) is 3.45. The van der Waals surface area contributed by atoms with Gasteiger partial charge in [0.15, 0.2) is 26.5 Å². The predicted molar refractivity (Wildman–Crippen MR) is 146 cm³/mol. The number of carbonyl (C=O) groups excluding carboxylic acids is 2. The predicted octanol–water partition coefficient (Wildman–Crippen LogP) is 6.11. The third kappa shape index (κ3) is 7.39. The highest BCUT2D eigenvalue weighted by molar-refractivity contribution is 8.09. The molecule has 0 spiro atoms. The van der Waals surface area contributed by atoms with Crippen LogP contribution in [0.25, 0.3) is 0 Å². The molecule has 0 saturated carbocycles. The third-order valence-electron chi connectivity index (χ3n) is 6.80. The molecule has 1 fully saturated rings. The zero-order chi connectivity index (χ0) is 27.2. The maximum absolute atomic E-state index is 13.1. The number of nitrogens with zero attached hydrogens (tertiary/aromatic N) is 3. The highest BCUT2D eigenvalue weighted by Crippen LogP contribution is 2.41. The van der Waals surface area contributed by atoms with Crippen LogP contribution in [0.2, 0.25) is 18.1 Å². The smallest absolute Gasteiger partial charge is 0.410 e. The number of aromatic nitrogens is 2. The van der Waals surface area contributed by atoms with E-state index in [4.69, 9.17) is 18.1 Å². The molecule has 9 nitrogen and oxygen atoms in total. The van der Waals surface area contributed by atoms with Crippen LogP contribution < -0.4 is 4.18 Å². The highest BCUT2D eigenvalue weighted by Gasteiger charge is 2.48. The minimum atomic E-state index is -2.13. The summed E-state index contributed by atoms with van der Waals surface area (Å²) in [7, 11) is -0.361. The number of rotatable bonds is 9. The van der Waals surface area contributed by atoms with E-state index in [1.807, 2.05) is 18.2 Å². The lowest BCUT2D eigenvalue weighted by Crippen LogP contribution is -2.45. The van der Waals surface area contributed by atoms with Gasteiger partial charge in [0.25, 0.3) is 0 Å². The van der Waals surface area contributed by atoms with Gasteiger partial charge in [-0.05, 0) is 42.8 Å². The number of ether oxygens (including phenoxy) is 2. The van der Waals surface area contributed by atoms with Crippen LogP contribution in [0.3, 0.4) is 0 Å². The minimum absolute atomic E-state index is 0.00140. The second-order valence-electron chi connectivity index (χ2n) is 10.5. The molecule has 3 rings (SSSR count). The lowest BCUT2D eigenvalue weighted by atomic mass is 10.0. The lowest BCUT2D eigenvalue weighted by molar-refractivity contribution is 0.0425. The molecule has 0 bridgehead atoms. The molecule has 1 aliphatic heterocycles. The summed E-state index contributed by atoms with van der Waals surface area (Å²) in [6.07, 6.45) is 2.07. The Hall–Kier alpha value is -2.76. The van der Waals surface area contributed by atoms with Crippen molar-refractivity contribution < 1.29 is 27.7 Å². The van der Waals surface area contributed by atoms with E-state index < -0.39 is 31.9 Å². The van der Waals surface area contributed by atoms with Crippen molar-refractivity contribution in [2.75, 3.05) is 13.2 Å². The Kier molecular flexibility index (Phi) is 9.49. The normalized spacial score (nSPS) is 18.8. The molecule has 1 saturated heterocycles. The summed E-state index contributed by atoms with van der Waals surface area (Å²) in [5, 5.41) is 3.62. The van der Waals surface area contributed by atoms with E-state index in [9.17, 15) is 9.59 Å². The zero-order valence-electron chi connectivity index (χ0n) is 22.4. The van der Waals surface area contributed by atoms with Crippen LogP contribution >= 0.6 is 12.0 Å². The molecule has 3 unspecified atom stereocenters. The fraction of sp³-hybridized carbons (Fsp3) is 0.500. The topological polar surface area (TPSA) is 92.1 Å². The van der Waals surface area contributed by atoms with Gasteiger partial charge in [-0.1, -0.05) is 51.6 Å². The molecule has 0 aliphatic carbocycles. The molecule has 37 heavy (non-hydrogen) atoms. The fourth-order valence-corrected chi connectivity index (χ4v) is 5.67. The number of aryl methyl sites for hydroxylation is 1. The van der Waals surface area contributed by atoms with Crippen molar-refractivity contribution in [3.05, 3.63) is 60.9 Å². The summed E-state index contributed by atoms with van der Waals surface area (Å²) < 4.78 is 25.1. The SMILES string of the molecule is C=CCOC(=O)N1CC(O[Si](C)(C)C(C)(C)C)CC1C(OC(=O)SOc1ccccc1)c1ccnn1C. The van der Waals surface area contributed by atoms with Crippen molar-refractivity contribution in [2.24, 2.45) is 7.05 Å². The van der Waals surface area contributed by atoms with Crippen molar-refractivity contribution in [2.45, 2.75) is 63.6 Å². The van der Waals surface area contributed by atoms with Crippen LogP contribution in [-0.4, -0.2) is 59.7 Å². The van der Waals surface area contributed by atoms with Gasteiger partial charge in [0, 0.05) is 19.8 Å². The maximum Gasteiger partial charge on any atom is 0.410 e. The Morgan fingerprint density at radius 3 is 2.54 bits per heavy atom. The molecule has 2 heterocycles. The van der Waals surface area contributed by atoms with E-state index in [0.29, 0.717) is 36.5 Å².